The molecule has 2 rings (SSSR count). The number of nitro benzene ring substituents is 1. The van der Waals surface area contributed by atoms with Crippen LogP contribution in [0, 0.1) is 15.9 Å². The normalized spacial score (nSPS) is 10.1. The Kier molecular flexibility index (Phi) is 7.89. The highest BCUT2D eigenvalue weighted by atomic mass is 19.1. The Morgan fingerprint density at radius 1 is 1.14 bits per heavy atom. The maximum absolute atomic E-state index is 13.3. The van der Waals surface area contributed by atoms with E-state index in [1.54, 1.807) is 31.4 Å². The number of benzene rings is 2. The van der Waals surface area contributed by atoms with Crippen molar-refractivity contribution >= 4 is 23.3 Å². The van der Waals surface area contributed by atoms with Crippen molar-refractivity contribution < 1.29 is 33.1 Å². The summed E-state index contributed by atoms with van der Waals surface area (Å²) in [7, 11) is 1.56. The predicted molar refractivity (Wildman–Crippen MR) is 100 cm³/mol. The summed E-state index contributed by atoms with van der Waals surface area (Å²) in [6.07, 6.45) is 0.433. The predicted octanol–water partition coefficient (Wildman–Crippen LogP) is 3.08. The zero-order valence-corrected chi connectivity index (χ0v) is 15.6. The van der Waals surface area contributed by atoms with Gasteiger partial charge in [-0.15, -0.1) is 0 Å². The maximum Gasteiger partial charge on any atom is 0.306 e. The Hall–Kier alpha value is -3.69. The van der Waals surface area contributed by atoms with Crippen LogP contribution in [0.1, 0.15) is 12.8 Å². The fourth-order valence-electron chi connectivity index (χ4n) is 2.22. The van der Waals surface area contributed by atoms with Crippen molar-refractivity contribution in [3.8, 4) is 11.5 Å². The van der Waals surface area contributed by atoms with Gasteiger partial charge in [-0.05, 0) is 42.8 Å². The van der Waals surface area contributed by atoms with E-state index in [1.807, 2.05) is 0 Å². The number of nitrogens with one attached hydrogen (secondary N) is 1. The second kappa shape index (κ2) is 10.6. The van der Waals surface area contributed by atoms with Crippen LogP contribution in [0.15, 0.2) is 42.5 Å². The molecular weight excluding hydrogens is 387 g/mol. The second-order valence-electron chi connectivity index (χ2n) is 5.76. The van der Waals surface area contributed by atoms with Crippen LogP contribution in [-0.2, 0) is 14.3 Å². The molecule has 0 fully saturated rings. The summed E-state index contributed by atoms with van der Waals surface area (Å²) in [6.45, 7) is -0.282. The van der Waals surface area contributed by atoms with Gasteiger partial charge >= 0.3 is 11.7 Å². The largest absolute Gasteiger partial charge is 0.497 e. The molecule has 1 N–H and O–H groups in total. The quantitative estimate of drug-likeness (QED) is 0.279. The lowest BCUT2D eigenvalue weighted by atomic mass is 10.2. The number of nitro groups is 1. The zero-order valence-electron chi connectivity index (χ0n) is 15.6. The first-order chi connectivity index (χ1) is 13.9. The van der Waals surface area contributed by atoms with Crippen molar-refractivity contribution in [2.24, 2.45) is 0 Å². The Morgan fingerprint density at radius 2 is 1.83 bits per heavy atom. The molecule has 0 bridgehead atoms. The van der Waals surface area contributed by atoms with E-state index in [0.29, 0.717) is 17.9 Å². The smallest absolute Gasteiger partial charge is 0.306 e. The minimum Gasteiger partial charge on any atom is -0.497 e. The molecule has 0 aromatic heterocycles. The molecule has 0 aliphatic rings. The lowest BCUT2D eigenvalue weighted by molar-refractivity contribution is -0.387. The molecule has 0 unspecified atom stereocenters. The number of halogens is 1. The van der Waals surface area contributed by atoms with E-state index in [2.05, 4.69) is 5.32 Å². The average molecular weight is 406 g/mol. The second-order valence-corrected chi connectivity index (χ2v) is 5.76. The lowest BCUT2D eigenvalue weighted by Gasteiger charge is -2.08. The van der Waals surface area contributed by atoms with Crippen LogP contribution >= 0.6 is 0 Å². The third kappa shape index (κ3) is 7.09. The van der Waals surface area contributed by atoms with Crippen LogP contribution in [0.2, 0.25) is 0 Å². The minimum absolute atomic E-state index is 0.0204. The standard InChI is InChI=1S/C19H19FN2O7/c1-27-14-5-7-15(8-6-14)28-10-2-3-19(24)29-12-18(23)21-13-4-9-16(20)17(11-13)22(25)26/h4-9,11H,2-3,10,12H2,1H3,(H,21,23). The third-order valence-corrected chi connectivity index (χ3v) is 3.64. The summed E-state index contributed by atoms with van der Waals surface area (Å²) in [4.78, 5) is 33.2. The number of rotatable bonds is 10. The van der Waals surface area contributed by atoms with E-state index >= 15 is 0 Å². The molecule has 0 atom stereocenters. The SMILES string of the molecule is COc1ccc(OCCCC(=O)OCC(=O)Nc2ccc(F)c([N+](=O)[O-])c2)cc1. The molecule has 2 aromatic carbocycles. The first-order valence-corrected chi connectivity index (χ1v) is 8.55. The Balaban J connectivity index is 1.67. The zero-order chi connectivity index (χ0) is 21.2. The van der Waals surface area contributed by atoms with E-state index in [4.69, 9.17) is 14.2 Å². The van der Waals surface area contributed by atoms with E-state index in [1.165, 1.54) is 6.07 Å². The van der Waals surface area contributed by atoms with Gasteiger partial charge in [-0.1, -0.05) is 0 Å². The average Bonchev–Trinajstić information content (AvgIpc) is 2.71. The highest BCUT2D eigenvalue weighted by Gasteiger charge is 2.16. The number of methoxy groups -OCH3 is 1. The molecule has 0 saturated carbocycles. The Labute approximate surface area is 165 Å². The van der Waals surface area contributed by atoms with Gasteiger partial charge in [0.1, 0.15) is 11.5 Å². The van der Waals surface area contributed by atoms with Crippen molar-refractivity contribution in [1.82, 2.24) is 0 Å². The number of carbonyl (C=O) groups is 2. The van der Waals surface area contributed by atoms with Crippen LogP contribution in [0.3, 0.4) is 0 Å². The number of anilines is 1. The summed E-state index contributed by atoms with van der Waals surface area (Å²) in [5.41, 5.74) is -0.747. The molecule has 29 heavy (non-hydrogen) atoms. The van der Waals surface area contributed by atoms with E-state index in [9.17, 15) is 24.1 Å². The van der Waals surface area contributed by atoms with Crippen LogP contribution in [0.5, 0.6) is 11.5 Å². The fraction of sp³-hybridized carbons (Fsp3) is 0.263. The number of hydrogen-bond donors (Lipinski definition) is 1. The van der Waals surface area contributed by atoms with Crippen LogP contribution in [-0.4, -0.2) is 37.1 Å². The number of esters is 1. The molecular formula is C19H19FN2O7. The van der Waals surface area contributed by atoms with Gasteiger partial charge in [0.2, 0.25) is 5.82 Å². The van der Waals surface area contributed by atoms with Gasteiger partial charge in [-0.3, -0.25) is 19.7 Å². The van der Waals surface area contributed by atoms with E-state index in [0.717, 1.165) is 12.1 Å². The molecule has 0 radical (unpaired) electrons. The lowest BCUT2D eigenvalue weighted by Crippen LogP contribution is -2.21. The van der Waals surface area contributed by atoms with Crippen molar-refractivity contribution in [3.63, 3.8) is 0 Å². The monoisotopic (exact) mass is 406 g/mol. The Morgan fingerprint density at radius 3 is 2.48 bits per heavy atom. The summed E-state index contributed by atoms with van der Waals surface area (Å²) in [5.74, 6) is -0.977. The Bertz CT molecular complexity index is 871. The first kappa shape index (κ1) is 21.6. The number of hydrogen-bond acceptors (Lipinski definition) is 7. The molecule has 0 aliphatic carbocycles. The van der Waals surface area contributed by atoms with Gasteiger partial charge in [-0.2, -0.15) is 4.39 Å². The molecule has 0 spiro atoms. The molecule has 154 valence electrons. The van der Waals surface area contributed by atoms with Crippen molar-refractivity contribution in [2.75, 3.05) is 25.6 Å². The van der Waals surface area contributed by atoms with Gasteiger partial charge in [0.15, 0.2) is 6.61 Å². The summed E-state index contributed by atoms with van der Waals surface area (Å²) >= 11 is 0. The molecule has 1 amide bonds. The molecule has 0 heterocycles. The first-order valence-electron chi connectivity index (χ1n) is 8.55. The summed E-state index contributed by atoms with van der Waals surface area (Å²) < 4.78 is 28.6. The number of nitrogens with zero attached hydrogens (tertiary/aromatic N) is 1. The number of carbonyl (C=O) groups excluding carboxylic acids is 2. The molecule has 9 nitrogen and oxygen atoms in total. The third-order valence-electron chi connectivity index (χ3n) is 3.64. The maximum atomic E-state index is 13.3. The number of amides is 1. The van der Waals surface area contributed by atoms with Gasteiger partial charge in [-0.25, -0.2) is 0 Å². The topological polar surface area (TPSA) is 117 Å². The van der Waals surface area contributed by atoms with E-state index < -0.39 is 34.9 Å². The van der Waals surface area contributed by atoms with Gasteiger partial charge in [0.25, 0.3) is 5.91 Å². The van der Waals surface area contributed by atoms with Crippen LogP contribution < -0.4 is 14.8 Å². The molecule has 0 aliphatic heterocycles. The van der Waals surface area contributed by atoms with Gasteiger partial charge in [0, 0.05) is 18.2 Å². The summed E-state index contributed by atoms with van der Waals surface area (Å²) in [5, 5.41) is 13.0. The van der Waals surface area contributed by atoms with Gasteiger partial charge < -0.3 is 19.5 Å². The summed E-state index contributed by atoms with van der Waals surface area (Å²) in [6, 6.07) is 9.88. The van der Waals surface area contributed by atoms with Gasteiger partial charge in [0.05, 0.1) is 18.6 Å². The highest BCUT2D eigenvalue weighted by Crippen LogP contribution is 2.21. The molecule has 2 aromatic rings. The van der Waals surface area contributed by atoms with Crippen molar-refractivity contribution in [1.29, 1.82) is 0 Å². The van der Waals surface area contributed by atoms with Crippen molar-refractivity contribution in [2.45, 2.75) is 12.8 Å². The van der Waals surface area contributed by atoms with Crippen molar-refractivity contribution in [3.05, 3.63) is 58.4 Å². The highest BCUT2D eigenvalue weighted by molar-refractivity contribution is 5.93. The van der Waals surface area contributed by atoms with Crippen LogP contribution in [0.4, 0.5) is 15.8 Å². The number of ether oxygens (including phenoxy) is 3. The molecule has 0 saturated heterocycles. The molecule has 10 heteroatoms. The minimum atomic E-state index is -1.02. The van der Waals surface area contributed by atoms with Crippen LogP contribution in [0.25, 0.3) is 0 Å². The fourth-order valence-corrected chi connectivity index (χ4v) is 2.22. The van der Waals surface area contributed by atoms with E-state index in [-0.39, 0.29) is 18.7 Å².